The van der Waals surface area contributed by atoms with E-state index in [1.807, 2.05) is 32.0 Å². The summed E-state index contributed by atoms with van der Waals surface area (Å²) in [6.45, 7) is 9.31. The molecule has 7 nitrogen and oxygen atoms in total. The molecule has 1 aliphatic rings. The average Bonchev–Trinajstić information content (AvgIpc) is 3.16. The van der Waals surface area contributed by atoms with E-state index >= 15 is 0 Å². The van der Waals surface area contributed by atoms with Gasteiger partial charge in [0.15, 0.2) is 5.13 Å². The molecule has 0 radical (unpaired) electrons. The molecule has 2 N–H and O–H groups in total. The topological polar surface area (TPSA) is 93.2 Å². The number of hydrogen-bond donors (Lipinski definition) is 2. The molecule has 3 heterocycles. The van der Waals surface area contributed by atoms with Gasteiger partial charge in [0.05, 0.1) is 22.0 Å². The first kappa shape index (κ1) is 23.7. The highest BCUT2D eigenvalue weighted by Gasteiger charge is 2.23. The van der Waals surface area contributed by atoms with Gasteiger partial charge in [-0.25, -0.2) is 13.4 Å². The Hall–Kier alpha value is -2.49. The van der Waals surface area contributed by atoms with E-state index in [0.29, 0.717) is 17.3 Å². The van der Waals surface area contributed by atoms with Crippen LogP contribution in [0.5, 0.6) is 0 Å². The second kappa shape index (κ2) is 9.79. The van der Waals surface area contributed by atoms with E-state index in [-0.39, 0.29) is 10.9 Å². The minimum atomic E-state index is -3.79. The minimum absolute atomic E-state index is 0.168. The Morgan fingerprint density at radius 3 is 2.58 bits per heavy atom. The number of aromatic nitrogens is 2. The van der Waals surface area contributed by atoms with E-state index in [2.05, 4.69) is 21.9 Å². The van der Waals surface area contributed by atoms with E-state index < -0.39 is 10.0 Å². The molecule has 9 heteroatoms. The summed E-state index contributed by atoms with van der Waals surface area (Å²) in [6.07, 6.45) is 3.80. The van der Waals surface area contributed by atoms with Crippen LogP contribution < -0.4 is 10.0 Å². The van der Waals surface area contributed by atoms with Crippen molar-refractivity contribution in [2.45, 2.75) is 51.5 Å². The number of sulfonamides is 1. The number of hydrogen-bond acceptors (Lipinski definition) is 7. The van der Waals surface area contributed by atoms with Crippen molar-refractivity contribution in [3.05, 3.63) is 53.5 Å². The molecule has 0 bridgehead atoms. The molecular weight excluding hydrogens is 456 g/mol. The van der Waals surface area contributed by atoms with Crippen molar-refractivity contribution in [1.29, 1.82) is 0 Å². The number of nitrogens with zero attached hydrogens (tertiary/aromatic N) is 2. The van der Waals surface area contributed by atoms with Crippen LogP contribution in [0.2, 0.25) is 0 Å². The summed E-state index contributed by atoms with van der Waals surface area (Å²) in [5.41, 5.74) is 3.46. The molecule has 3 aromatic rings. The number of benzene rings is 1. The third-order valence-corrected chi connectivity index (χ3v) is 8.72. The highest BCUT2D eigenvalue weighted by atomic mass is 32.2. The lowest BCUT2D eigenvalue weighted by molar-refractivity contribution is 0.0622. The van der Waals surface area contributed by atoms with Gasteiger partial charge in [-0.1, -0.05) is 29.5 Å². The van der Waals surface area contributed by atoms with Gasteiger partial charge in [-0.2, -0.15) is 0 Å². The van der Waals surface area contributed by atoms with Gasteiger partial charge in [-0.05, 0) is 64.2 Å². The molecule has 1 aliphatic heterocycles. The molecule has 2 aromatic heterocycles. The average molecular weight is 487 g/mol. The van der Waals surface area contributed by atoms with Crippen LogP contribution in [0, 0.1) is 26.7 Å². The Kier molecular flexibility index (Phi) is 7.02. The van der Waals surface area contributed by atoms with Crippen molar-refractivity contribution in [2.24, 2.45) is 5.92 Å². The van der Waals surface area contributed by atoms with Gasteiger partial charge in [-0.3, -0.25) is 9.71 Å². The maximum absolute atomic E-state index is 13.2. The normalized spacial score (nSPS) is 15.9. The van der Waals surface area contributed by atoms with Crippen LogP contribution in [0.4, 0.5) is 10.8 Å². The zero-order valence-corrected chi connectivity index (χ0v) is 21.0. The first-order valence-electron chi connectivity index (χ1n) is 11.1. The number of pyridine rings is 1. The van der Waals surface area contributed by atoms with Crippen LogP contribution in [0.25, 0.3) is 10.4 Å². The fourth-order valence-corrected chi connectivity index (χ4v) is 6.45. The second-order valence-electron chi connectivity index (χ2n) is 8.54. The van der Waals surface area contributed by atoms with Crippen LogP contribution in [0.3, 0.4) is 0 Å². The number of thiazole rings is 1. The van der Waals surface area contributed by atoms with Gasteiger partial charge in [0, 0.05) is 31.0 Å². The monoisotopic (exact) mass is 486 g/mol. The maximum Gasteiger partial charge on any atom is 0.263 e. The SMILES string of the molecule is Cc1ccccc1NS(=O)(=O)c1cc(-c2sc(NC(C)C3CCOCC3)nc2C)cnc1C. The standard InChI is InChI=1S/C24H30N4O3S2/c1-15-7-5-6-8-21(15)28-33(29,30)22-13-20(14-25-17(22)3)23-18(4)27-24(32-23)26-16(2)19-9-11-31-12-10-19/h5-8,13-14,16,19,28H,9-12H2,1-4H3,(H,26,27). The summed E-state index contributed by atoms with van der Waals surface area (Å²) in [5.74, 6) is 0.553. The van der Waals surface area contributed by atoms with Crippen molar-refractivity contribution >= 4 is 32.2 Å². The third kappa shape index (κ3) is 5.37. The van der Waals surface area contributed by atoms with Gasteiger partial charge in [0.25, 0.3) is 10.0 Å². The molecule has 176 valence electrons. The Morgan fingerprint density at radius 1 is 1.12 bits per heavy atom. The lowest BCUT2D eigenvalue weighted by Gasteiger charge is -2.28. The Bertz CT molecular complexity index is 1230. The lowest BCUT2D eigenvalue weighted by atomic mass is 9.93. The van der Waals surface area contributed by atoms with Crippen LogP contribution in [-0.4, -0.2) is 37.6 Å². The van der Waals surface area contributed by atoms with Crippen molar-refractivity contribution in [3.63, 3.8) is 0 Å². The van der Waals surface area contributed by atoms with Gasteiger partial charge in [0.2, 0.25) is 0 Å². The van der Waals surface area contributed by atoms with Crippen LogP contribution >= 0.6 is 11.3 Å². The minimum Gasteiger partial charge on any atom is -0.381 e. The number of rotatable bonds is 7. The highest BCUT2D eigenvalue weighted by molar-refractivity contribution is 7.92. The van der Waals surface area contributed by atoms with E-state index in [1.165, 1.54) is 11.3 Å². The quantitative estimate of drug-likeness (QED) is 0.479. The summed E-state index contributed by atoms with van der Waals surface area (Å²) in [4.78, 5) is 10.2. The number of nitrogens with one attached hydrogen (secondary N) is 2. The second-order valence-corrected chi connectivity index (χ2v) is 11.2. The Morgan fingerprint density at radius 2 is 1.85 bits per heavy atom. The van der Waals surface area contributed by atoms with Crippen LogP contribution in [0.1, 0.15) is 36.7 Å². The zero-order chi connectivity index (χ0) is 23.6. The van der Waals surface area contributed by atoms with E-state index in [0.717, 1.165) is 52.9 Å². The molecule has 1 saturated heterocycles. The van der Waals surface area contributed by atoms with Crippen molar-refractivity contribution < 1.29 is 13.2 Å². The fraction of sp³-hybridized carbons (Fsp3) is 0.417. The van der Waals surface area contributed by atoms with Crippen LogP contribution in [-0.2, 0) is 14.8 Å². The molecule has 0 aliphatic carbocycles. The maximum atomic E-state index is 13.2. The Balaban J connectivity index is 1.59. The molecule has 0 amide bonds. The lowest BCUT2D eigenvalue weighted by Crippen LogP contribution is -2.30. The molecule has 1 fully saturated rings. The van der Waals surface area contributed by atoms with E-state index in [9.17, 15) is 8.42 Å². The third-order valence-electron chi connectivity index (χ3n) is 6.10. The number of ether oxygens (including phenoxy) is 1. The smallest absolute Gasteiger partial charge is 0.263 e. The number of anilines is 2. The molecular formula is C24H30N4O3S2. The predicted molar refractivity (Wildman–Crippen MR) is 133 cm³/mol. The predicted octanol–water partition coefficient (Wildman–Crippen LogP) is 5.16. The molecule has 0 saturated carbocycles. The highest BCUT2D eigenvalue weighted by Crippen LogP contribution is 2.35. The van der Waals surface area contributed by atoms with Gasteiger partial charge < -0.3 is 10.1 Å². The van der Waals surface area contributed by atoms with E-state index in [4.69, 9.17) is 9.72 Å². The molecule has 1 unspecified atom stereocenters. The summed E-state index contributed by atoms with van der Waals surface area (Å²) in [7, 11) is -3.79. The first-order valence-corrected chi connectivity index (χ1v) is 13.4. The molecule has 33 heavy (non-hydrogen) atoms. The summed E-state index contributed by atoms with van der Waals surface area (Å²) >= 11 is 1.53. The van der Waals surface area contributed by atoms with Gasteiger partial charge in [0.1, 0.15) is 4.90 Å². The number of para-hydroxylation sites is 1. The van der Waals surface area contributed by atoms with E-state index in [1.54, 1.807) is 25.3 Å². The summed E-state index contributed by atoms with van der Waals surface area (Å²) < 4.78 is 34.5. The van der Waals surface area contributed by atoms with Crippen LogP contribution in [0.15, 0.2) is 41.4 Å². The Labute approximate surface area is 199 Å². The van der Waals surface area contributed by atoms with Gasteiger partial charge >= 0.3 is 0 Å². The summed E-state index contributed by atoms with van der Waals surface area (Å²) in [6, 6.07) is 9.29. The molecule has 1 aromatic carbocycles. The number of aryl methyl sites for hydroxylation is 3. The first-order chi connectivity index (χ1) is 15.7. The van der Waals surface area contributed by atoms with Gasteiger partial charge in [-0.15, -0.1) is 0 Å². The van der Waals surface area contributed by atoms with Crippen molar-refractivity contribution in [2.75, 3.05) is 23.3 Å². The largest absolute Gasteiger partial charge is 0.381 e. The molecule has 1 atom stereocenters. The fourth-order valence-electron chi connectivity index (χ4n) is 4.05. The molecule has 0 spiro atoms. The summed E-state index contributed by atoms with van der Waals surface area (Å²) in [5, 5.41) is 4.38. The molecule has 4 rings (SSSR count). The van der Waals surface area contributed by atoms with Crippen molar-refractivity contribution in [1.82, 2.24) is 9.97 Å². The van der Waals surface area contributed by atoms with Crippen molar-refractivity contribution in [3.8, 4) is 10.4 Å². The zero-order valence-electron chi connectivity index (χ0n) is 19.4.